The molecule has 0 radical (unpaired) electrons. The van der Waals surface area contributed by atoms with E-state index in [0.717, 1.165) is 29.3 Å². The van der Waals surface area contributed by atoms with E-state index in [1.807, 2.05) is 67.7 Å². The molecule has 0 fully saturated rings. The average Bonchev–Trinajstić information content (AvgIpc) is 2.78. The predicted molar refractivity (Wildman–Crippen MR) is 116 cm³/mol. The zero-order valence-electron chi connectivity index (χ0n) is 17.4. The molecule has 0 aliphatic carbocycles. The molecule has 158 valence electrons. The topological polar surface area (TPSA) is 64.0 Å². The van der Waals surface area contributed by atoms with Gasteiger partial charge in [0.15, 0.2) is 0 Å². The Morgan fingerprint density at radius 3 is 2.47 bits per heavy atom. The van der Waals surface area contributed by atoms with E-state index >= 15 is 0 Å². The summed E-state index contributed by atoms with van der Waals surface area (Å²) in [5, 5.41) is 10.3. The van der Waals surface area contributed by atoms with Crippen LogP contribution in [-0.2, 0) is 13.2 Å². The average molecular weight is 408 g/mol. The number of nitrogens with zero attached hydrogens (tertiary/aromatic N) is 2. The lowest BCUT2D eigenvalue weighted by molar-refractivity contribution is 0.0743. The van der Waals surface area contributed by atoms with Crippen molar-refractivity contribution in [1.29, 1.82) is 0 Å². The molecule has 0 saturated heterocycles. The van der Waals surface area contributed by atoms with Crippen molar-refractivity contribution in [3.8, 4) is 17.2 Å². The third-order valence-electron chi connectivity index (χ3n) is 4.49. The Morgan fingerprint density at radius 2 is 1.73 bits per heavy atom. The molecule has 1 heterocycles. The van der Waals surface area contributed by atoms with Gasteiger partial charge in [0.2, 0.25) is 0 Å². The Balaban J connectivity index is 1.40. The second-order valence-electron chi connectivity index (χ2n) is 7.09. The molecule has 0 unspecified atom stereocenters. The highest BCUT2D eigenvalue weighted by molar-refractivity contribution is 5.32. The molecule has 0 aliphatic heterocycles. The molecule has 0 spiro atoms. The van der Waals surface area contributed by atoms with Crippen LogP contribution in [0.3, 0.4) is 0 Å². The quantitative estimate of drug-likeness (QED) is 0.524. The van der Waals surface area contributed by atoms with Gasteiger partial charge in [0.25, 0.3) is 0 Å². The molecule has 3 aromatic rings. The predicted octanol–water partition coefficient (Wildman–Crippen LogP) is 3.54. The summed E-state index contributed by atoms with van der Waals surface area (Å²) in [6.07, 6.45) is 1.16. The van der Waals surface area contributed by atoms with E-state index in [9.17, 15) is 5.11 Å². The molecule has 0 aliphatic rings. The lowest BCUT2D eigenvalue weighted by atomic mass is 10.2. The number of hydrogen-bond acceptors (Lipinski definition) is 6. The molecule has 1 N–H and O–H groups in total. The van der Waals surface area contributed by atoms with Crippen LogP contribution in [0.4, 0.5) is 0 Å². The number of benzene rings is 2. The SMILES string of the molecule is COc1cccc(OC[C@@H](O)CN(C)Cc2ccc(OCc3ccccn3)cc2)c1. The van der Waals surface area contributed by atoms with Gasteiger partial charge in [-0.05, 0) is 49.0 Å². The van der Waals surface area contributed by atoms with E-state index < -0.39 is 6.10 Å². The van der Waals surface area contributed by atoms with Crippen molar-refractivity contribution in [2.24, 2.45) is 0 Å². The summed E-state index contributed by atoms with van der Waals surface area (Å²) < 4.78 is 16.6. The van der Waals surface area contributed by atoms with Gasteiger partial charge in [-0.2, -0.15) is 0 Å². The summed E-state index contributed by atoms with van der Waals surface area (Å²) in [4.78, 5) is 6.31. The molecule has 1 atom stereocenters. The first-order valence-electron chi connectivity index (χ1n) is 9.87. The van der Waals surface area contributed by atoms with Crippen LogP contribution in [0, 0.1) is 0 Å². The smallest absolute Gasteiger partial charge is 0.130 e. The van der Waals surface area contributed by atoms with Crippen LogP contribution < -0.4 is 14.2 Å². The highest BCUT2D eigenvalue weighted by Gasteiger charge is 2.10. The molecule has 0 saturated carbocycles. The fraction of sp³-hybridized carbons (Fsp3) is 0.292. The van der Waals surface area contributed by atoms with E-state index in [0.29, 0.717) is 18.9 Å². The molecular formula is C24H28N2O4. The third kappa shape index (κ3) is 7.06. The van der Waals surface area contributed by atoms with Gasteiger partial charge in [-0.1, -0.05) is 24.3 Å². The second kappa shape index (κ2) is 11.2. The number of aliphatic hydroxyl groups excluding tert-OH is 1. The normalized spacial score (nSPS) is 11.9. The summed E-state index contributed by atoms with van der Waals surface area (Å²) in [7, 11) is 3.59. The van der Waals surface area contributed by atoms with Gasteiger partial charge in [-0.25, -0.2) is 0 Å². The molecule has 30 heavy (non-hydrogen) atoms. The van der Waals surface area contributed by atoms with Gasteiger partial charge < -0.3 is 19.3 Å². The van der Waals surface area contributed by atoms with Gasteiger partial charge in [-0.3, -0.25) is 9.88 Å². The number of methoxy groups -OCH3 is 1. The first kappa shape index (κ1) is 21.6. The van der Waals surface area contributed by atoms with Crippen LogP contribution in [0.5, 0.6) is 17.2 Å². The van der Waals surface area contributed by atoms with Crippen LogP contribution in [0.1, 0.15) is 11.3 Å². The summed E-state index contributed by atoms with van der Waals surface area (Å²) in [6, 6.07) is 21.1. The molecular weight excluding hydrogens is 380 g/mol. The van der Waals surface area contributed by atoms with Crippen LogP contribution in [0.15, 0.2) is 72.9 Å². The van der Waals surface area contributed by atoms with Crippen LogP contribution in [-0.4, -0.2) is 48.4 Å². The van der Waals surface area contributed by atoms with Gasteiger partial charge in [-0.15, -0.1) is 0 Å². The standard InChI is InChI=1S/C24H28N2O4/c1-26(16-21(27)18-30-24-8-5-7-23(14-24)28-2)15-19-9-11-22(12-10-19)29-17-20-6-3-4-13-25-20/h3-14,21,27H,15-18H2,1-2H3/t21-/m0/s1. The second-order valence-corrected chi connectivity index (χ2v) is 7.09. The van der Waals surface area contributed by atoms with Gasteiger partial charge in [0.05, 0.1) is 12.8 Å². The molecule has 6 heteroatoms. The summed E-state index contributed by atoms with van der Waals surface area (Å²) in [5.74, 6) is 2.21. The Hall–Kier alpha value is -3.09. The van der Waals surface area contributed by atoms with Crippen molar-refractivity contribution in [3.63, 3.8) is 0 Å². The number of ether oxygens (including phenoxy) is 3. The van der Waals surface area contributed by atoms with Crippen LogP contribution >= 0.6 is 0 Å². The molecule has 0 bridgehead atoms. The Bertz CT molecular complexity index is 887. The van der Waals surface area contributed by atoms with Crippen molar-refractivity contribution in [1.82, 2.24) is 9.88 Å². The van der Waals surface area contributed by atoms with E-state index in [2.05, 4.69) is 9.88 Å². The van der Waals surface area contributed by atoms with Crippen molar-refractivity contribution >= 4 is 0 Å². The largest absolute Gasteiger partial charge is 0.497 e. The Morgan fingerprint density at radius 1 is 0.933 bits per heavy atom. The Labute approximate surface area is 177 Å². The lowest BCUT2D eigenvalue weighted by Crippen LogP contribution is -2.32. The number of likely N-dealkylation sites (N-methyl/N-ethyl adjacent to an activating group) is 1. The van der Waals surface area contributed by atoms with Gasteiger partial charge >= 0.3 is 0 Å². The fourth-order valence-corrected chi connectivity index (χ4v) is 3.00. The molecule has 2 aromatic carbocycles. The third-order valence-corrected chi connectivity index (χ3v) is 4.49. The maximum Gasteiger partial charge on any atom is 0.130 e. The van der Waals surface area contributed by atoms with Crippen molar-refractivity contribution < 1.29 is 19.3 Å². The zero-order chi connectivity index (χ0) is 21.2. The number of aromatic nitrogens is 1. The number of rotatable bonds is 11. The maximum absolute atomic E-state index is 10.3. The monoisotopic (exact) mass is 408 g/mol. The van der Waals surface area contributed by atoms with Crippen molar-refractivity contribution in [2.75, 3.05) is 27.3 Å². The van der Waals surface area contributed by atoms with E-state index in [1.54, 1.807) is 19.4 Å². The summed E-state index contributed by atoms with van der Waals surface area (Å²) in [5.41, 5.74) is 2.04. The summed E-state index contributed by atoms with van der Waals surface area (Å²) in [6.45, 7) is 1.88. The zero-order valence-corrected chi connectivity index (χ0v) is 17.4. The van der Waals surface area contributed by atoms with Crippen LogP contribution in [0.2, 0.25) is 0 Å². The van der Waals surface area contributed by atoms with E-state index in [-0.39, 0.29) is 6.61 Å². The van der Waals surface area contributed by atoms with E-state index in [4.69, 9.17) is 14.2 Å². The first-order chi connectivity index (χ1) is 14.6. The van der Waals surface area contributed by atoms with Gasteiger partial charge in [0, 0.05) is 25.4 Å². The van der Waals surface area contributed by atoms with Crippen LogP contribution in [0.25, 0.3) is 0 Å². The summed E-state index contributed by atoms with van der Waals surface area (Å²) >= 11 is 0. The first-order valence-corrected chi connectivity index (χ1v) is 9.87. The number of hydrogen-bond donors (Lipinski definition) is 1. The molecule has 1 aromatic heterocycles. The minimum absolute atomic E-state index is 0.220. The lowest BCUT2D eigenvalue weighted by Gasteiger charge is -2.21. The number of aliphatic hydroxyl groups is 1. The minimum atomic E-state index is -0.595. The van der Waals surface area contributed by atoms with Gasteiger partial charge in [0.1, 0.15) is 36.6 Å². The highest BCUT2D eigenvalue weighted by Crippen LogP contribution is 2.19. The van der Waals surface area contributed by atoms with E-state index in [1.165, 1.54) is 0 Å². The molecule has 0 amide bonds. The Kier molecular flexibility index (Phi) is 8.06. The molecule has 3 rings (SSSR count). The fourth-order valence-electron chi connectivity index (χ4n) is 3.00. The van der Waals surface area contributed by atoms with Crippen molar-refractivity contribution in [2.45, 2.75) is 19.3 Å². The minimum Gasteiger partial charge on any atom is -0.497 e. The molecule has 6 nitrogen and oxygen atoms in total. The highest BCUT2D eigenvalue weighted by atomic mass is 16.5. The maximum atomic E-state index is 10.3. The van der Waals surface area contributed by atoms with Crippen molar-refractivity contribution in [3.05, 3.63) is 84.2 Å². The number of pyridine rings is 1.